The van der Waals surface area contributed by atoms with Crippen LogP contribution in [0.2, 0.25) is 0 Å². The predicted octanol–water partition coefficient (Wildman–Crippen LogP) is 4.17. The Bertz CT molecular complexity index is 447. The number of aryl methyl sites for hydroxylation is 1. The molecular weight excluding hydrogens is 296 g/mol. The number of hydrogen-bond donors (Lipinski definition) is 2. The van der Waals surface area contributed by atoms with Crippen LogP contribution in [0.1, 0.15) is 51.5 Å². The van der Waals surface area contributed by atoms with Crippen molar-refractivity contribution in [3.63, 3.8) is 0 Å². The van der Waals surface area contributed by atoms with E-state index in [9.17, 15) is 4.79 Å². The molecule has 0 saturated carbocycles. The van der Waals surface area contributed by atoms with E-state index in [0.29, 0.717) is 6.04 Å². The van der Waals surface area contributed by atoms with Gasteiger partial charge in [0.1, 0.15) is 0 Å². The van der Waals surface area contributed by atoms with Crippen LogP contribution < -0.4 is 10.6 Å². The lowest BCUT2D eigenvalue weighted by Gasteiger charge is -2.27. The maximum absolute atomic E-state index is 12.3. The lowest BCUT2D eigenvalue weighted by atomic mass is 9.92. The van der Waals surface area contributed by atoms with E-state index in [4.69, 9.17) is 0 Å². The molecule has 1 aromatic rings. The molecule has 1 saturated heterocycles. The number of hydrogen-bond acceptors (Lipinski definition) is 2. The van der Waals surface area contributed by atoms with Gasteiger partial charge in [0.25, 0.3) is 0 Å². The third-order valence-electron chi connectivity index (χ3n) is 4.28. The summed E-state index contributed by atoms with van der Waals surface area (Å²) in [4.78, 5) is 12.3. The Morgan fingerprint density at radius 3 is 2.64 bits per heavy atom. The molecule has 0 aliphatic carbocycles. The van der Waals surface area contributed by atoms with Crippen molar-refractivity contribution in [3.05, 3.63) is 29.8 Å². The Morgan fingerprint density at radius 1 is 1.27 bits per heavy atom. The SMILES string of the molecule is CCCCCc1ccc(NC(=O)[C@H]2CCN[C@@H](C)C2)cc1.Cl. The van der Waals surface area contributed by atoms with Crippen LogP contribution in [0.3, 0.4) is 0 Å². The maximum atomic E-state index is 12.3. The fourth-order valence-electron chi connectivity index (χ4n) is 2.95. The average molecular weight is 325 g/mol. The van der Waals surface area contributed by atoms with Crippen LogP contribution in [-0.4, -0.2) is 18.5 Å². The summed E-state index contributed by atoms with van der Waals surface area (Å²) in [6, 6.07) is 8.77. The molecule has 1 heterocycles. The second kappa shape index (κ2) is 9.86. The number of rotatable bonds is 6. The lowest BCUT2D eigenvalue weighted by Crippen LogP contribution is -2.40. The van der Waals surface area contributed by atoms with E-state index >= 15 is 0 Å². The van der Waals surface area contributed by atoms with E-state index in [0.717, 1.165) is 31.5 Å². The van der Waals surface area contributed by atoms with Gasteiger partial charge in [-0.15, -0.1) is 12.4 Å². The summed E-state index contributed by atoms with van der Waals surface area (Å²) in [5.74, 6) is 0.313. The molecule has 0 spiro atoms. The molecule has 22 heavy (non-hydrogen) atoms. The first-order valence-electron chi connectivity index (χ1n) is 8.32. The summed E-state index contributed by atoms with van der Waals surface area (Å²) in [5, 5.41) is 6.44. The van der Waals surface area contributed by atoms with Gasteiger partial charge >= 0.3 is 0 Å². The molecule has 3 nitrogen and oxygen atoms in total. The second-order valence-electron chi connectivity index (χ2n) is 6.22. The fraction of sp³-hybridized carbons (Fsp3) is 0.611. The molecule has 0 radical (unpaired) electrons. The highest BCUT2D eigenvalue weighted by atomic mass is 35.5. The van der Waals surface area contributed by atoms with Crippen molar-refractivity contribution < 1.29 is 4.79 Å². The van der Waals surface area contributed by atoms with Crippen molar-refractivity contribution >= 4 is 24.0 Å². The molecule has 1 aromatic carbocycles. The van der Waals surface area contributed by atoms with Gasteiger partial charge in [0.15, 0.2) is 0 Å². The van der Waals surface area contributed by atoms with Crippen molar-refractivity contribution in [2.75, 3.05) is 11.9 Å². The highest BCUT2D eigenvalue weighted by Gasteiger charge is 2.24. The monoisotopic (exact) mass is 324 g/mol. The van der Waals surface area contributed by atoms with Crippen LogP contribution in [-0.2, 0) is 11.2 Å². The summed E-state index contributed by atoms with van der Waals surface area (Å²) in [6.45, 7) is 5.31. The van der Waals surface area contributed by atoms with Crippen molar-refractivity contribution in [3.8, 4) is 0 Å². The topological polar surface area (TPSA) is 41.1 Å². The van der Waals surface area contributed by atoms with Crippen LogP contribution in [0, 0.1) is 5.92 Å². The normalized spacial score (nSPS) is 21.0. The number of amides is 1. The quantitative estimate of drug-likeness (QED) is 0.771. The zero-order valence-corrected chi connectivity index (χ0v) is 14.5. The first-order valence-corrected chi connectivity index (χ1v) is 8.32. The van der Waals surface area contributed by atoms with Crippen molar-refractivity contribution in [1.29, 1.82) is 0 Å². The Hall–Kier alpha value is -1.06. The standard InChI is InChI=1S/C18H28N2O.ClH/c1-3-4-5-6-15-7-9-17(10-8-15)20-18(21)16-11-12-19-14(2)13-16;/h7-10,14,16,19H,3-6,11-13H2,1-2H3,(H,20,21);1H/t14-,16-;/m0./s1. The van der Waals surface area contributed by atoms with E-state index in [-0.39, 0.29) is 24.2 Å². The number of carbonyl (C=O) groups excluding carboxylic acids is 1. The molecule has 2 rings (SSSR count). The predicted molar refractivity (Wildman–Crippen MR) is 95.7 cm³/mol. The van der Waals surface area contributed by atoms with Crippen LogP contribution in [0.5, 0.6) is 0 Å². The Labute approximate surface area is 140 Å². The molecule has 0 unspecified atom stereocenters. The summed E-state index contributed by atoms with van der Waals surface area (Å²) in [7, 11) is 0. The molecular formula is C18H29ClN2O. The van der Waals surface area contributed by atoms with Gasteiger partial charge in [0.05, 0.1) is 0 Å². The highest BCUT2D eigenvalue weighted by molar-refractivity contribution is 5.92. The van der Waals surface area contributed by atoms with E-state index in [1.54, 1.807) is 0 Å². The number of carbonyl (C=O) groups is 1. The van der Waals surface area contributed by atoms with Crippen molar-refractivity contribution in [2.24, 2.45) is 5.92 Å². The van der Waals surface area contributed by atoms with E-state index in [1.807, 2.05) is 12.1 Å². The minimum atomic E-state index is 0. The molecule has 2 atom stereocenters. The van der Waals surface area contributed by atoms with Gasteiger partial charge in [-0.05, 0) is 56.8 Å². The molecule has 1 aliphatic heterocycles. The Morgan fingerprint density at radius 2 is 2.00 bits per heavy atom. The second-order valence-corrected chi connectivity index (χ2v) is 6.22. The molecule has 4 heteroatoms. The average Bonchev–Trinajstić information content (AvgIpc) is 2.49. The molecule has 1 amide bonds. The van der Waals surface area contributed by atoms with Gasteiger partial charge in [-0.25, -0.2) is 0 Å². The fourth-order valence-corrected chi connectivity index (χ4v) is 2.95. The van der Waals surface area contributed by atoms with Crippen LogP contribution in [0.4, 0.5) is 5.69 Å². The van der Waals surface area contributed by atoms with Gasteiger partial charge < -0.3 is 10.6 Å². The zero-order valence-electron chi connectivity index (χ0n) is 13.7. The van der Waals surface area contributed by atoms with Crippen LogP contribution in [0.15, 0.2) is 24.3 Å². The lowest BCUT2D eigenvalue weighted by molar-refractivity contribution is -0.120. The number of piperidine rings is 1. The number of benzene rings is 1. The van der Waals surface area contributed by atoms with E-state index in [1.165, 1.54) is 24.8 Å². The molecule has 0 bridgehead atoms. The molecule has 1 aliphatic rings. The van der Waals surface area contributed by atoms with Crippen LogP contribution >= 0.6 is 12.4 Å². The zero-order chi connectivity index (χ0) is 15.1. The number of anilines is 1. The van der Waals surface area contributed by atoms with Gasteiger partial charge in [-0.3, -0.25) is 4.79 Å². The molecule has 124 valence electrons. The number of nitrogens with one attached hydrogen (secondary N) is 2. The summed E-state index contributed by atoms with van der Waals surface area (Å²) in [6.07, 6.45) is 6.78. The van der Waals surface area contributed by atoms with Gasteiger partial charge in [0.2, 0.25) is 5.91 Å². The minimum Gasteiger partial charge on any atom is -0.326 e. The molecule has 1 fully saturated rings. The summed E-state index contributed by atoms with van der Waals surface area (Å²) in [5.41, 5.74) is 2.28. The molecule has 0 aromatic heterocycles. The highest BCUT2D eigenvalue weighted by Crippen LogP contribution is 2.19. The Balaban J connectivity index is 0.00000242. The van der Waals surface area contributed by atoms with Gasteiger partial charge in [-0.2, -0.15) is 0 Å². The minimum absolute atomic E-state index is 0. The van der Waals surface area contributed by atoms with Gasteiger partial charge in [0, 0.05) is 17.6 Å². The van der Waals surface area contributed by atoms with E-state index < -0.39 is 0 Å². The van der Waals surface area contributed by atoms with Crippen LogP contribution in [0.25, 0.3) is 0 Å². The third-order valence-corrected chi connectivity index (χ3v) is 4.28. The maximum Gasteiger partial charge on any atom is 0.227 e. The third kappa shape index (κ3) is 5.98. The van der Waals surface area contributed by atoms with Gasteiger partial charge in [-0.1, -0.05) is 31.9 Å². The summed E-state index contributed by atoms with van der Waals surface area (Å²) >= 11 is 0. The van der Waals surface area contributed by atoms with Crippen molar-refractivity contribution in [1.82, 2.24) is 5.32 Å². The largest absolute Gasteiger partial charge is 0.326 e. The smallest absolute Gasteiger partial charge is 0.227 e. The molecule has 2 N–H and O–H groups in total. The van der Waals surface area contributed by atoms with E-state index in [2.05, 4.69) is 36.6 Å². The Kier molecular flexibility index (Phi) is 8.51. The summed E-state index contributed by atoms with van der Waals surface area (Å²) < 4.78 is 0. The first-order chi connectivity index (χ1) is 10.2. The number of unbranched alkanes of at least 4 members (excludes halogenated alkanes) is 2. The van der Waals surface area contributed by atoms with Crippen molar-refractivity contribution in [2.45, 2.75) is 58.4 Å². The number of halogens is 1. The first kappa shape index (κ1) is 19.0.